The van der Waals surface area contributed by atoms with E-state index < -0.39 is 50.3 Å². The first-order valence-electron chi connectivity index (χ1n) is 5.49. The van der Waals surface area contributed by atoms with Gasteiger partial charge in [-0.3, -0.25) is 30.3 Å². The number of nitro groups is 3. The molecule has 1 rings (SSSR count). The van der Waals surface area contributed by atoms with Crippen LogP contribution in [0.5, 0.6) is 5.75 Å². The highest BCUT2D eigenvalue weighted by molar-refractivity contribution is 5.65. The summed E-state index contributed by atoms with van der Waals surface area (Å²) in [5, 5.41) is 32.5. The van der Waals surface area contributed by atoms with E-state index >= 15 is 0 Å². The molecular weight excluding hydrogens is 333 g/mol. The Bertz CT molecular complexity index is 628. The van der Waals surface area contributed by atoms with Crippen LogP contribution in [0.25, 0.3) is 0 Å². The summed E-state index contributed by atoms with van der Waals surface area (Å²) in [6, 6.07) is 0.702. The van der Waals surface area contributed by atoms with E-state index in [0.29, 0.717) is 12.1 Å². The number of benzene rings is 1. The van der Waals surface area contributed by atoms with E-state index in [0.717, 1.165) is 7.05 Å². The molecule has 0 atom stereocenters. The monoisotopic (exact) mass is 340 g/mol. The van der Waals surface area contributed by atoms with Crippen molar-refractivity contribution in [1.82, 2.24) is 5.06 Å². The summed E-state index contributed by atoms with van der Waals surface area (Å²) in [5.41, 5.74) is -3.39. The first-order valence-corrected chi connectivity index (χ1v) is 5.49. The van der Waals surface area contributed by atoms with Crippen LogP contribution >= 0.6 is 0 Å². The van der Waals surface area contributed by atoms with Crippen LogP contribution in [-0.2, 0) is 0 Å². The fourth-order valence-corrected chi connectivity index (χ4v) is 1.49. The maximum absolute atomic E-state index is 12.2. The van der Waals surface area contributed by atoms with Crippen molar-refractivity contribution >= 4 is 17.1 Å². The van der Waals surface area contributed by atoms with Crippen molar-refractivity contribution < 1.29 is 32.8 Å². The zero-order chi connectivity index (χ0) is 17.9. The number of hydrogen-bond donors (Lipinski definition) is 0. The number of hydroxylamine groups is 2. The molecule has 0 saturated carbocycles. The molecule has 0 heterocycles. The van der Waals surface area contributed by atoms with Gasteiger partial charge in [-0.25, -0.2) is 0 Å². The number of hydrogen-bond acceptors (Lipinski definition) is 8. The van der Waals surface area contributed by atoms with E-state index in [1.165, 1.54) is 0 Å². The largest absolute Gasteiger partial charge is 0.404 e. The molecule has 0 amide bonds. The van der Waals surface area contributed by atoms with Gasteiger partial charge in [0.05, 0.1) is 26.9 Å². The van der Waals surface area contributed by atoms with Crippen molar-refractivity contribution in [1.29, 1.82) is 0 Å². The van der Waals surface area contributed by atoms with Gasteiger partial charge in [-0.15, -0.1) is 5.06 Å². The van der Waals surface area contributed by atoms with Crippen molar-refractivity contribution in [3.05, 3.63) is 42.5 Å². The zero-order valence-corrected chi connectivity index (χ0v) is 11.1. The number of non-ortho nitro benzene ring substituents is 1. The Morgan fingerprint density at radius 2 is 1.48 bits per heavy atom. The Kier molecular flexibility index (Phi) is 5.00. The fourth-order valence-electron chi connectivity index (χ4n) is 1.49. The Morgan fingerprint density at radius 1 is 1.04 bits per heavy atom. The van der Waals surface area contributed by atoms with Crippen molar-refractivity contribution in [3.8, 4) is 5.75 Å². The first-order chi connectivity index (χ1) is 10.4. The van der Waals surface area contributed by atoms with Crippen LogP contribution in [0.1, 0.15) is 0 Å². The lowest BCUT2D eigenvalue weighted by Gasteiger charge is -2.18. The minimum atomic E-state index is -4.74. The van der Waals surface area contributed by atoms with Crippen LogP contribution in [0.2, 0.25) is 0 Å². The van der Waals surface area contributed by atoms with Crippen LogP contribution in [0, 0.1) is 30.3 Å². The highest BCUT2D eigenvalue weighted by Gasteiger charge is 2.36. The molecule has 0 bridgehead atoms. The zero-order valence-electron chi connectivity index (χ0n) is 11.1. The topological polar surface area (TPSA) is 142 Å². The first kappa shape index (κ1) is 18.0. The third-order valence-electron chi connectivity index (χ3n) is 2.29. The Labute approximate surface area is 124 Å². The van der Waals surface area contributed by atoms with Crippen LogP contribution in [-0.4, -0.2) is 39.6 Å². The standard InChI is InChI=1S/C9H7F3N4O7/c1-13(4-9(10,11)12)23-8-6(15(19)20)2-5(14(17)18)3-7(8)16(21)22/h2-3H,4H2,1H3. The summed E-state index contributed by atoms with van der Waals surface area (Å²) in [7, 11) is 0.738. The molecule has 11 nitrogen and oxygen atoms in total. The summed E-state index contributed by atoms with van der Waals surface area (Å²) in [6.07, 6.45) is -4.74. The second-order valence-electron chi connectivity index (χ2n) is 4.08. The van der Waals surface area contributed by atoms with Crippen molar-refractivity contribution in [2.24, 2.45) is 0 Å². The van der Waals surface area contributed by atoms with Gasteiger partial charge < -0.3 is 4.84 Å². The lowest BCUT2D eigenvalue weighted by Crippen LogP contribution is -2.33. The molecule has 0 fully saturated rings. The molecule has 0 saturated heterocycles. The van der Waals surface area contributed by atoms with Gasteiger partial charge in [0.15, 0.2) is 0 Å². The number of alkyl halides is 3. The molecule has 0 aliphatic rings. The molecule has 1 aromatic carbocycles. The number of halogens is 3. The lowest BCUT2D eigenvalue weighted by atomic mass is 10.2. The average Bonchev–Trinajstić information content (AvgIpc) is 2.35. The summed E-state index contributed by atoms with van der Waals surface area (Å²) in [6.45, 7) is -1.68. The third-order valence-corrected chi connectivity index (χ3v) is 2.29. The van der Waals surface area contributed by atoms with Crippen LogP contribution in [0.3, 0.4) is 0 Å². The minimum Gasteiger partial charge on any atom is -0.391 e. The molecule has 0 aliphatic heterocycles. The van der Waals surface area contributed by atoms with Crippen LogP contribution in [0.4, 0.5) is 30.2 Å². The predicted octanol–water partition coefficient (Wildman–Crippen LogP) is 2.20. The molecule has 0 aliphatic carbocycles. The number of nitro benzene ring substituents is 3. The minimum absolute atomic E-state index is 0.0845. The smallest absolute Gasteiger partial charge is 0.391 e. The van der Waals surface area contributed by atoms with E-state index in [1.807, 2.05) is 0 Å². The van der Waals surface area contributed by atoms with E-state index in [9.17, 15) is 43.5 Å². The Balaban J connectivity index is 3.40. The molecule has 0 spiro atoms. The van der Waals surface area contributed by atoms with E-state index in [1.54, 1.807) is 0 Å². The Hall–Kier alpha value is -3.03. The summed E-state index contributed by atoms with van der Waals surface area (Å²) < 4.78 is 36.7. The quantitative estimate of drug-likeness (QED) is 0.566. The van der Waals surface area contributed by atoms with E-state index in [4.69, 9.17) is 0 Å². The molecule has 1 aromatic rings. The van der Waals surface area contributed by atoms with E-state index in [-0.39, 0.29) is 5.06 Å². The highest BCUT2D eigenvalue weighted by Crippen LogP contribution is 2.40. The molecule has 126 valence electrons. The molecule has 0 unspecified atom stereocenters. The summed E-state index contributed by atoms with van der Waals surface area (Å²) in [5.74, 6) is -1.14. The molecule has 0 N–H and O–H groups in total. The van der Waals surface area contributed by atoms with Crippen molar-refractivity contribution in [3.63, 3.8) is 0 Å². The summed E-state index contributed by atoms with van der Waals surface area (Å²) in [4.78, 5) is 33.3. The van der Waals surface area contributed by atoms with Gasteiger partial charge in [-0.1, -0.05) is 0 Å². The molecule has 0 radical (unpaired) electrons. The lowest BCUT2D eigenvalue weighted by molar-refractivity contribution is -0.406. The third kappa shape index (κ3) is 4.73. The van der Waals surface area contributed by atoms with Crippen molar-refractivity contribution in [2.75, 3.05) is 13.6 Å². The molecular formula is C9H7F3N4O7. The van der Waals surface area contributed by atoms with Gasteiger partial charge in [0.25, 0.3) is 5.69 Å². The second kappa shape index (κ2) is 6.39. The SMILES string of the molecule is CN(CC(F)(F)F)Oc1c([N+](=O)[O-])cc([N+](=O)[O-])cc1[N+](=O)[O-]. The van der Waals surface area contributed by atoms with Gasteiger partial charge in [-0.05, 0) is 0 Å². The van der Waals surface area contributed by atoms with Gasteiger partial charge in [0.2, 0.25) is 0 Å². The molecule has 23 heavy (non-hydrogen) atoms. The fraction of sp³-hybridized carbons (Fsp3) is 0.333. The van der Waals surface area contributed by atoms with Gasteiger partial charge >= 0.3 is 23.3 Å². The van der Waals surface area contributed by atoms with Crippen LogP contribution < -0.4 is 4.84 Å². The highest BCUT2D eigenvalue weighted by atomic mass is 19.4. The maximum Gasteiger partial charge on any atom is 0.404 e. The normalized spacial score (nSPS) is 11.3. The van der Waals surface area contributed by atoms with Crippen LogP contribution in [0.15, 0.2) is 12.1 Å². The molecule has 0 aromatic heterocycles. The second-order valence-corrected chi connectivity index (χ2v) is 4.08. The van der Waals surface area contributed by atoms with Crippen molar-refractivity contribution in [2.45, 2.75) is 6.18 Å². The number of nitrogens with zero attached hydrogens (tertiary/aromatic N) is 4. The predicted molar refractivity (Wildman–Crippen MR) is 65.7 cm³/mol. The van der Waals surface area contributed by atoms with E-state index in [2.05, 4.69) is 4.84 Å². The summed E-state index contributed by atoms with van der Waals surface area (Å²) >= 11 is 0. The molecule has 14 heteroatoms. The maximum atomic E-state index is 12.2. The number of rotatable bonds is 6. The van der Waals surface area contributed by atoms with Gasteiger partial charge in [0.1, 0.15) is 6.54 Å². The average molecular weight is 340 g/mol. The van der Waals surface area contributed by atoms with Gasteiger partial charge in [0, 0.05) is 7.05 Å². The van der Waals surface area contributed by atoms with Gasteiger partial charge in [-0.2, -0.15) is 13.2 Å². The Morgan fingerprint density at radius 3 is 1.78 bits per heavy atom.